The Morgan fingerprint density at radius 3 is 3.05 bits per heavy atom. The van der Waals surface area contributed by atoms with Crippen molar-refractivity contribution in [1.29, 1.82) is 0 Å². The molecule has 0 aliphatic carbocycles. The molecule has 4 nitrogen and oxygen atoms in total. The number of hydrogen-bond acceptors (Lipinski definition) is 3. The second-order valence-electron chi connectivity index (χ2n) is 5.04. The van der Waals surface area contributed by atoms with E-state index < -0.39 is 0 Å². The van der Waals surface area contributed by atoms with E-state index in [1.165, 1.54) is 17.3 Å². The number of amides is 1. The van der Waals surface area contributed by atoms with Gasteiger partial charge in [0, 0.05) is 17.9 Å². The van der Waals surface area contributed by atoms with Crippen LogP contribution in [0.15, 0.2) is 29.1 Å². The van der Waals surface area contributed by atoms with Crippen LogP contribution in [0, 0.1) is 0 Å². The molecule has 104 valence electrons. The van der Waals surface area contributed by atoms with E-state index in [9.17, 15) is 9.59 Å². The monoisotopic (exact) mass is 288 g/mol. The average molecular weight is 288 g/mol. The van der Waals surface area contributed by atoms with Crippen molar-refractivity contribution in [3.63, 3.8) is 0 Å². The molecule has 1 aromatic heterocycles. The summed E-state index contributed by atoms with van der Waals surface area (Å²) >= 11 is 1.39. The summed E-state index contributed by atoms with van der Waals surface area (Å²) in [6.07, 6.45) is 2.04. The third-order valence-corrected chi connectivity index (χ3v) is 4.60. The van der Waals surface area contributed by atoms with Gasteiger partial charge in [0.25, 0.3) is 5.56 Å². The molecule has 1 aliphatic rings. The molecule has 0 unspecified atom stereocenters. The van der Waals surface area contributed by atoms with E-state index >= 15 is 0 Å². The van der Waals surface area contributed by atoms with E-state index in [4.69, 9.17) is 5.73 Å². The Morgan fingerprint density at radius 1 is 1.40 bits per heavy atom. The summed E-state index contributed by atoms with van der Waals surface area (Å²) in [6.45, 7) is 0.778. The predicted octanol–water partition coefficient (Wildman–Crippen LogP) is 1.67. The van der Waals surface area contributed by atoms with Gasteiger partial charge in [-0.25, -0.2) is 0 Å². The molecule has 20 heavy (non-hydrogen) atoms. The first-order valence-electron chi connectivity index (χ1n) is 6.67. The molecular weight excluding hydrogens is 272 g/mol. The highest BCUT2D eigenvalue weighted by Gasteiger charge is 2.15. The van der Waals surface area contributed by atoms with Crippen LogP contribution < -0.4 is 11.3 Å². The Labute approximate surface area is 121 Å². The summed E-state index contributed by atoms with van der Waals surface area (Å²) in [5.41, 5.74) is 8.28. The second-order valence-corrected chi connectivity index (χ2v) is 6.03. The molecule has 2 aromatic rings. The van der Waals surface area contributed by atoms with E-state index in [2.05, 4.69) is 6.07 Å². The van der Waals surface area contributed by atoms with Crippen molar-refractivity contribution in [1.82, 2.24) is 4.57 Å². The van der Waals surface area contributed by atoms with Gasteiger partial charge in [0.1, 0.15) is 0 Å². The minimum Gasteiger partial charge on any atom is -0.369 e. The van der Waals surface area contributed by atoms with Crippen molar-refractivity contribution in [2.24, 2.45) is 5.73 Å². The highest BCUT2D eigenvalue weighted by Crippen LogP contribution is 2.24. The van der Waals surface area contributed by atoms with Crippen LogP contribution in [0.2, 0.25) is 0 Å². The van der Waals surface area contributed by atoms with Crippen molar-refractivity contribution in [2.75, 3.05) is 5.75 Å². The summed E-state index contributed by atoms with van der Waals surface area (Å²) in [5, 5.41) is 1.11. The third-order valence-electron chi connectivity index (χ3n) is 3.60. The van der Waals surface area contributed by atoms with Gasteiger partial charge in [-0.1, -0.05) is 18.2 Å². The Balaban J connectivity index is 2.05. The van der Waals surface area contributed by atoms with E-state index in [1.807, 2.05) is 22.8 Å². The number of primary amides is 1. The molecule has 0 atom stereocenters. The van der Waals surface area contributed by atoms with Gasteiger partial charge in [0.15, 0.2) is 0 Å². The first-order chi connectivity index (χ1) is 9.66. The van der Waals surface area contributed by atoms with Gasteiger partial charge < -0.3 is 10.3 Å². The van der Waals surface area contributed by atoms with Crippen LogP contribution in [0.1, 0.15) is 17.5 Å². The van der Waals surface area contributed by atoms with Crippen LogP contribution in [0.25, 0.3) is 10.9 Å². The standard InChI is InChI=1S/C15H16N2O2S/c16-13(18)9-20-8-12-7-11-4-1-3-10-5-2-6-17(14(10)11)15(12)19/h1,3-4,7H,2,5-6,8-9H2,(H2,16,18). The quantitative estimate of drug-likeness (QED) is 0.930. The SMILES string of the molecule is NC(=O)CSCc1cc2cccc3c2n(c1=O)CCC3. The Kier molecular flexibility index (Phi) is 3.53. The van der Waals surface area contributed by atoms with Gasteiger partial charge >= 0.3 is 0 Å². The number of carbonyl (C=O) groups excluding carboxylic acids is 1. The topological polar surface area (TPSA) is 65.1 Å². The summed E-state index contributed by atoms with van der Waals surface area (Å²) in [5.74, 6) is 0.430. The lowest BCUT2D eigenvalue weighted by molar-refractivity contribution is -0.115. The van der Waals surface area contributed by atoms with Crippen LogP contribution in [-0.4, -0.2) is 16.2 Å². The highest BCUT2D eigenvalue weighted by atomic mass is 32.2. The normalized spacial score (nSPS) is 13.6. The smallest absolute Gasteiger partial charge is 0.255 e. The van der Waals surface area contributed by atoms with E-state index in [0.717, 1.165) is 35.9 Å². The number of hydrogen-bond donors (Lipinski definition) is 1. The molecule has 0 saturated carbocycles. The van der Waals surface area contributed by atoms with Gasteiger partial charge in [0.2, 0.25) is 5.91 Å². The van der Waals surface area contributed by atoms with Crippen molar-refractivity contribution in [2.45, 2.75) is 25.1 Å². The number of aryl methyl sites for hydroxylation is 2. The number of nitrogens with zero attached hydrogens (tertiary/aromatic N) is 1. The zero-order chi connectivity index (χ0) is 14.1. The van der Waals surface area contributed by atoms with E-state index in [0.29, 0.717) is 5.75 Å². The van der Waals surface area contributed by atoms with Crippen LogP contribution in [0.4, 0.5) is 0 Å². The Morgan fingerprint density at radius 2 is 2.25 bits per heavy atom. The van der Waals surface area contributed by atoms with Crippen LogP contribution in [0.5, 0.6) is 0 Å². The van der Waals surface area contributed by atoms with Gasteiger partial charge in [-0.15, -0.1) is 11.8 Å². The van der Waals surface area contributed by atoms with Crippen molar-refractivity contribution >= 4 is 28.6 Å². The molecule has 0 bridgehead atoms. The molecule has 1 aromatic carbocycles. The molecule has 0 fully saturated rings. The Hall–Kier alpha value is -1.75. The lowest BCUT2D eigenvalue weighted by atomic mass is 10.0. The fourth-order valence-corrected chi connectivity index (χ4v) is 3.52. The van der Waals surface area contributed by atoms with Gasteiger partial charge in [-0.05, 0) is 29.9 Å². The lowest BCUT2D eigenvalue weighted by Gasteiger charge is -2.20. The molecule has 1 amide bonds. The van der Waals surface area contributed by atoms with Crippen molar-refractivity contribution < 1.29 is 4.79 Å². The number of thioether (sulfide) groups is 1. The molecule has 3 rings (SSSR count). The second kappa shape index (κ2) is 5.32. The zero-order valence-corrected chi connectivity index (χ0v) is 11.9. The summed E-state index contributed by atoms with van der Waals surface area (Å²) < 4.78 is 1.88. The number of nitrogens with two attached hydrogens (primary N) is 1. The maximum atomic E-state index is 12.5. The molecule has 0 spiro atoms. The Bertz CT molecular complexity index is 736. The number of aromatic nitrogens is 1. The zero-order valence-electron chi connectivity index (χ0n) is 11.1. The number of rotatable bonds is 4. The molecule has 5 heteroatoms. The first kappa shape index (κ1) is 13.2. The van der Waals surface area contributed by atoms with Crippen LogP contribution in [-0.2, 0) is 23.5 Å². The number of benzene rings is 1. The van der Waals surface area contributed by atoms with Gasteiger partial charge in [0.05, 0.1) is 11.3 Å². The summed E-state index contributed by atoms with van der Waals surface area (Å²) in [6, 6.07) is 8.14. The first-order valence-corrected chi connectivity index (χ1v) is 7.82. The maximum absolute atomic E-state index is 12.5. The van der Waals surface area contributed by atoms with Crippen molar-refractivity contribution in [3.8, 4) is 0 Å². The highest BCUT2D eigenvalue weighted by molar-refractivity contribution is 7.99. The maximum Gasteiger partial charge on any atom is 0.255 e. The number of carbonyl (C=O) groups is 1. The largest absolute Gasteiger partial charge is 0.369 e. The van der Waals surface area contributed by atoms with Crippen LogP contribution in [0.3, 0.4) is 0 Å². The minimum atomic E-state index is -0.348. The third kappa shape index (κ3) is 2.33. The molecule has 1 aliphatic heterocycles. The molecule has 2 N–H and O–H groups in total. The number of pyridine rings is 1. The molecule has 2 heterocycles. The van der Waals surface area contributed by atoms with Gasteiger partial charge in [-0.2, -0.15) is 0 Å². The lowest BCUT2D eigenvalue weighted by Crippen LogP contribution is -2.27. The minimum absolute atomic E-state index is 0.0709. The van der Waals surface area contributed by atoms with Gasteiger partial charge in [-0.3, -0.25) is 9.59 Å². The summed E-state index contributed by atoms with van der Waals surface area (Å²) in [7, 11) is 0. The molecule has 0 radical (unpaired) electrons. The predicted molar refractivity (Wildman–Crippen MR) is 81.9 cm³/mol. The fraction of sp³-hybridized carbons (Fsp3) is 0.333. The number of para-hydroxylation sites is 1. The summed E-state index contributed by atoms with van der Waals surface area (Å²) in [4.78, 5) is 23.3. The fourth-order valence-electron chi connectivity index (χ4n) is 2.79. The molecular formula is C15H16N2O2S. The van der Waals surface area contributed by atoms with Crippen molar-refractivity contribution in [3.05, 3.63) is 45.7 Å². The van der Waals surface area contributed by atoms with Crippen LogP contribution >= 0.6 is 11.8 Å². The average Bonchev–Trinajstić information content (AvgIpc) is 2.44. The molecule has 0 saturated heterocycles. The van der Waals surface area contributed by atoms with E-state index in [1.54, 1.807) is 0 Å². The van der Waals surface area contributed by atoms with E-state index in [-0.39, 0.29) is 17.2 Å².